The molecule has 1 aliphatic rings. The Labute approximate surface area is 126 Å². The van der Waals surface area contributed by atoms with Gasteiger partial charge in [0.15, 0.2) is 11.5 Å². The fraction of sp³-hybridized carbons (Fsp3) is 0.471. The zero-order valence-corrected chi connectivity index (χ0v) is 12.7. The van der Waals surface area contributed by atoms with E-state index in [9.17, 15) is 4.79 Å². The molecule has 21 heavy (non-hydrogen) atoms. The molecule has 1 N–H and O–H groups in total. The number of hydrogen-bond acceptors (Lipinski definition) is 3. The van der Waals surface area contributed by atoms with Gasteiger partial charge < -0.3 is 14.8 Å². The van der Waals surface area contributed by atoms with E-state index in [-0.39, 0.29) is 12.0 Å². The number of rotatable bonds is 7. The SMILES string of the molecule is COc1ccccc1OC(C)CNC(=O)CC1C=CCC1. The van der Waals surface area contributed by atoms with E-state index in [1.807, 2.05) is 31.2 Å². The molecule has 1 aliphatic carbocycles. The molecular weight excluding hydrogens is 266 g/mol. The summed E-state index contributed by atoms with van der Waals surface area (Å²) >= 11 is 0. The first kappa shape index (κ1) is 15.4. The molecule has 114 valence electrons. The molecule has 2 atom stereocenters. The van der Waals surface area contributed by atoms with Gasteiger partial charge in [0.05, 0.1) is 13.7 Å². The summed E-state index contributed by atoms with van der Waals surface area (Å²) in [5, 5.41) is 2.93. The predicted molar refractivity (Wildman–Crippen MR) is 82.6 cm³/mol. The van der Waals surface area contributed by atoms with Gasteiger partial charge in [-0.1, -0.05) is 24.3 Å². The van der Waals surface area contributed by atoms with E-state index in [0.717, 1.165) is 12.8 Å². The van der Waals surface area contributed by atoms with E-state index < -0.39 is 0 Å². The molecule has 0 saturated heterocycles. The Kier molecular flexibility index (Phi) is 5.67. The highest BCUT2D eigenvalue weighted by molar-refractivity contribution is 5.76. The summed E-state index contributed by atoms with van der Waals surface area (Å²) in [6.07, 6.45) is 6.91. The van der Waals surface area contributed by atoms with Crippen molar-refractivity contribution in [1.29, 1.82) is 0 Å². The number of carbonyl (C=O) groups excluding carboxylic acids is 1. The normalized spacial score (nSPS) is 18.3. The topological polar surface area (TPSA) is 47.6 Å². The minimum Gasteiger partial charge on any atom is -0.493 e. The maximum atomic E-state index is 11.9. The molecule has 0 aromatic heterocycles. The van der Waals surface area contributed by atoms with E-state index in [4.69, 9.17) is 9.47 Å². The van der Waals surface area contributed by atoms with Crippen LogP contribution in [-0.4, -0.2) is 25.7 Å². The van der Waals surface area contributed by atoms with Gasteiger partial charge in [0.1, 0.15) is 6.10 Å². The van der Waals surface area contributed by atoms with Gasteiger partial charge in [-0.2, -0.15) is 0 Å². The van der Waals surface area contributed by atoms with Crippen LogP contribution in [0.3, 0.4) is 0 Å². The number of ether oxygens (including phenoxy) is 2. The lowest BCUT2D eigenvalue weighted by Gasteiger charge is -2.17. The fourth-order valence-corrected chi connectivity index (χ4v) is 2.41. The first-order valence-corrected chi connectivity index (χ1v) is 7.42. The fourth-order valence-electron chi connectivity index (χ4n) is 2.41. The smallest absolute Gasteiger partial charge is 0.220 e. The molecule has 1 aromatic rings. The van der Waals surface area contributed by atoms with Gasteiger partial charge in [0.25, 0.3) is 0 Å². The van der Waals surface area contributed by atoms with Crippen molar-refractivity contribution in [2.24, 2.45) is 5.92 Å². The van der Waals surface area contributed by atoms with Crippen molar-refractivity contribution in [2.75, 3.05) is 13.7 Å². The molecule has 2 unspecified atom stereocenters. The largest absolute Gasteiger partial charge is 0.493 e. The minimum absolute atomic E-state index is 0.0852. The Bertz CT molecular complexity index is 499. The van der Waals surface area contributed by atoms with Crippen molar-refractivity contribution in [2.45, 2.75) is 32.3 Å². The van der Waals surface area contributed by atoms with E-state index >= 15 is 0 Å². The first-order chi connectivity index (χ1) is 10.2. The summed E-state index contributed by atoms with van der Waals surface area (Å²) in [6.45, 7) is 2.43. The van der Waals surface area contributed by atoms with Gasteiger partial charge in [-0.25, -0.2) is 0 Å². The average Bonchev–Trinajstić information content (AvgIpc) is 2.98. The van der Waals surface area contributed by atoms with E-state index in [1.165, 1.54) is 0 Å². The number of amides is 1. The molecule has 0 aliphatic heterocycles. The zero-order chi connectivity index (χ0) is 15.1. The van der Waals surface area contributed by atoms with Crippen molar-refractivity contribution >= 4 is 5.91 Å². The van der Waals surface area contributed by atoms with Crippen molar-refractivity contribution in [3.05, 3.63) is 36.4 Å². The van der Waals surface area contributed by atoms with Crippen LogP contribution in [0.4, 0.5) is 0 Å². The summed E-state index contributed by atoms with van der Waals surface area (Å²) in [5.74, 6) is 1.88. The maximum absolute atomic E-state index is 11.9. The number of methoxy groups -OCH3 is 1. The van der Waals surface area contributed by atoms with Gasteiger partial charge >= 0.3 is 0 Å². The molecule has 0 bridgehead atoms. The molecular formula is C17H23NO3. The molecule has 0 radical (unpaired) electrons. The first-order valence-electron chi connectivity index (χ1n) is 7.42. The van der Waals surface area contributed by atoms with Crippen molar-refractivity contribution < 1.29 is 14.3 Å². The monoisotopic (exact) mass is 289 g/mol. The summed E-state index contributed by atoms with van der Waals surface area (Å²) in [7, 11) is 1.61. The van der Waals surface area contributed by atoms with Gasteiger partial charge in [-0.15, -0.1) is 0 Å². The molecule has 0 fully saturated rings. The Balaban J connectivity index is 1.75. The predicted octanol–water partition coefficient (Wildman–Crippen LogP) is 2.94. The van der Waals surface area contributed by atoms with Crippen LogP contribution in [0.1, 0.15) is 26.2 Å². The standard InChI is InChI=1S/C17H23NO3/c1-13(21-16-10-6-5-9-15(16)20-2)12-18-17(19)11-14-7-3-4-8-14/h3,5-7,9-10,13-14H,4,8,11-12H2,1-2H3,(H,18,19). The summed E-state index contributed by atoms with van der Waals surface area (Å²) in [5.41, 5.74) is 0. The van der Waals surface area contributed by atoms with Crippen molar-refractivity contribution in [1.82, 2.24) is 5.32 Å². The zero-order valence-electron chi connectivity index (χ0n) is 12.7. The summed E-state index contributed by atoms with van der Waals surface area (Å²) in [6, 6.07) is 7.51. The lowest BCUT2D eigenvalue weighted by Crippen LogP contribution is -2.34. The lowest BCUT2D eigenvalue weighted by atomic mass is 10.1. The Hall–Kier alpha value is -1.97. The Morgan fingerprint density at radius 2 is 2.14 bits per heavy atom. The number of para-hydroxylation sites is 2. The quantitative estimate of drug-likeness (QED) is 0.785. The number of carbonyl (C=O) groups is 1. The van der Waals surface area contributed by atoms with Gasteiger partial charge in [0.2, 0.25) is 5.91 Å². The van der Waals surface area contributed by atoms with Crippen LogP contribution >= 0.6 is 0 Å². The average molecular weight is 289 g/mol. The second-order valence-electron chi connectivity index (χ2n) is 5.35. The van der Waals surface area contributed by atoms with Crippen LogP contribution in [0.15, 0.2) is 36.4 Å². The van der Waals surface area contributed by atoms with E-state index in [2.05, 4.69) is 17.5 Å². The van der Waals surface area contributed by atoms with Crippen LogP contribution in [0.2, 0.25) is 0 Å². The third kappa shape index (κ3) is 4.81. The molecule has 1 amide bonds. The van der Waals surface area contributed by atoms with Crippen molar-refractivity contribution in [3.63, 3.8) is 0 Å². The molecule has 4 nitrogen and oxygen atoms in total. The molecule has 4 heteroatoms. The van der Waals surface area contributed by atoms with Gasteiger partial charge in [0, 0.05) is 6.42 Å². The Morgan fingerprint density at radius 1 is 1.38 bits per heavy atom. The molecule has 1 aromatic carbocycles. The van der Waals surface area contributed by atoms with Crippen molar-refractivity contribution in [3.8, 4) is 11.5 Å². The number of nitrogens with one attached hydrogen (secondary N) is 1. The lowest BCUT2D eigenvalue weighted by molar-refractivity contribution is -0.122. The van der Waals surface area contributed by atoms with Crippen LogP contribution < -0.4 is 14.8 Å². The van der Waals surface area contributed by atoms with Gasteiger partial charge in [-0.3, -0.25) is 4.79 Å². The second kappa shape index (κ2) is 7.72. The molecule has 0 spiro atoms. The highest BCUT2D eigenvalue weighted by Gasteiger charge is 2.15. The molecule has 0 saturated carbocycles. The highest BCUT2D eigenvalue weighted by atomic mass is 16.5. The third-order valence-corrected chi connectivity index (χ3v) is 3.54. The maximum Gasteiger partial charge on any atom is 0.220 e. The van der Waals surface area contributed by atoms with E-state index in [1.54, 1.807) is 7.11 Å². The second-order valence-corrected chi connectivity index (χ2v) is 5.35. The summed E-state index contributed by atoms with van der Waals surface area (Å²) in [4.78, 5) is 11.9. The summed E-state index contributed by atoms with van der Waals surface area (Å²) < 4.78 is 11.0. The molecule has 0 heterocycles. The number of hydrogen-bond donors (Lipinski definition) is 1. The third-order valence-electron chi connectivity index (χ3n) is 3.54. The van der Waals surface area contributed by atoms with E-state index in [0.29, 0.717) is 30.4 Å². The minimum atomic E-state index is -0.107. The number of allylic oxidation sites excluding steroid dienone is 2. The molecule has 2 rings (SSSR count). The van der Waals surface area contributed by atoms with Crippen LogP contribution in [-0.2, 0) is 4.79 Å². The van der Waals surface area contributed by atoms with Crippen LogP contribution in [0, 0.1) is 5.92 Å². The Morgan fingerprint density at radius 3 is 2.81 bits per heavy atom. The highest BCUT2D eigenvalue weighted by Crippen LogP contribution is 2.26. The van der Waals surface area contributed by atoms with Gasteiger partial charge in [-0.05, 0) is 37.8 Å². The van der Waals surface area contributed by atoms with Crippen LogP contribution in [0.25, 0.3) is 0 Å². The van der Waals surface area contributed by atoms with Crippen LogP contribution in [0.5, 0.6) is 11.5 Å². The number of benzene rings is 1.